The Bertz CT molecular complexity index is 2060. The van der Waals surface area contributed by atoms with Crippen molar-refractivity contribution in [2.24, 2.45) is 0 Å². The largest absolute Gasteiger partial charge is 0.507 e. The minimum Gasteiger partial charge on any atom is -0.507 e. The zero-order valence-corrected chi connectivity index (χ0v) is 21.0. The van der Waals surface area contributed by atoms with Crippen molar-refractivity contribution in [3.63, 3.8) is 0 Å². The van der Waals surface area contributed by atoms with E-state index < -0.39 is 39.9 Å². The van der Waals surface area contributed by atoms with E-state index in [0.717, 1.165) is 6.07 Å². The predicted octanol–water partition coefficient (Wildman–Crippen LogP) is 4.04. The van der Waals surface area contributed by atoms with Gasteiger partial charge in [0.05, 0.1) is 30.0 Å². The molecule has 5 N–H and O–H groups in total. The Morgan fingerprint density at radius 3 is 2.21 bits per heavy atom. The van der Waals surface area contributed by atoms with Crippen molar-refractivity contribution >= 4 is 50.3 Å². The van der Waals surface area contributed by atoms with Crippen LogP contribution in [0.25, 0.3) is 43.8 Å². The fourth-order valence-corrected chi connectivity index (χ4v) is 5.65. The van der Waals surface area contributed by atoms with Gasteiger partial charge in [-0.05, 0) is 31.0 Å². The van der Waals surface area contributed by atoms with Crippen molar-refractivity contribution in [2.75, 3.05) is 14.2 Å². The third kappa shape index (κ3) is 3.13. The highest BCUT2D eigenvalue weighted by Gasteiger charge is 2.34. The molecule has 12 heteroatoms. The number of pyridine rings is 1. The second-order valence-electron chi connectivity index (χ2n) is 8.98. The van der Waals surface area contributed by atoms with Gasteiger partial charge >= 0.3 is 5.97 Å². The standard InChI is InChI=1S/C27H18ClNO10/c1-37-22-9-4-3-8-14(20(32)16-11(18(8)30)7-13(27(35)36)29-26(16)34)15(9)21(33)17-19(31)10-5-6-12(28)24(38-2)23(10)39-25(17)22/h5-7,30,32-33H,3-4H2,1-2H3,(H,29,34)(H,35,36). The zero-order chi connectivity index (χ0) is 27.9. The normalized spacial score (nSPS) is 12.5. The van der Waals surface area contributed by atoms with E-state index in [1.807, 2.05) is 0 Å². The lowest BCUT2D eigenvalue weighted by atomic mass is 9.81. The molecule has 3 aromatic carbocycles. The first-order chi connectivity index (χ1) is 18.6. The molecular weight excluding hydrogens is 534 g/mol. The molecule has 1 aliphatic carbocycles. The van der Waals surface area contributed by atoms with Gasteiger partial charge in [0.1, 0.15) is 28.3 Å². The number of fused-ring (bicyclic) bond motifs is 6. The molecule has 0 spiro atoms. The van der Waals surface area contributed by atoms with Crippen molar-refractivity contribution in [3.8, 4) is 39.9 Å². The van der Waals surface area contributed by atoms with Crippen LogP contribution in [0, 0.1) is 0 Å². The number of methoxy groups -OCH3 is 2. The molecule has 0 radical (unpaired) electrons. The molecular formula is C27H18ClNO10. The summed E-state index contributed by atoms with van der Waals surface area (Å²) in [4.78, 5) is 40.1. The topological polar surface area (TPSA) is 180 Å². The van der Waals surface area contributed by atoms with Crippen LogP contribution in [0.2, 0.25) is 5.02 Å². The highest BCUT2D eigenvalue weighted by atomic mass is 35.5. The van der Waals surface area contributed by atoms with E-state index in [2.05, 4.69) is 4.98 Å². The van der Waals surface area contributed by atoms with Crippen molar-refractivity contribution in [2.45, 2.75) is 12.8 Å². The van der Waals surface area contributed by atoms with E-state index in [4.69, 9.17) is 25.5 Å². The highest BCUT2D eigenvalue weighted by molar-refractivity contribution is 6.33. The molecule has 0 saturated carbocycles. The molecule has 0 amide bonds. The van der Waals surface area contributed by atoms with Crippen LogP contribution >= 0.6 is 11.6 Å². The number of aromatic hydroxyl groups is 3. The number of phenols is 3. The van der Waals surface area contributed by atoms with Crippen molar-refractivity contribution in [1.82, 2.24) is 4.98 Å². The molecule has 2 aromatic heterocycles. The number of H-pyrrole nitrogens is 1. The molecule has 1 aliphatic rings. The first kappa shape index (κ1) is 24.4. The quantitative estimate of drug-likeness (QED) is 0.162. The lowest BCUT2D eigenvalue weighted by Crippen LogP contribution is -2.15. The fraction of sp³-hybridized carbons (Fsp3) is 0.148. The summed E-state index contributed by atoms with van der Waals surface area (Å²) in [5, 5.41) is 42.7. The van der Waals surface area contributed by atoms with Crippen LogP contribution < -0.4 is 20.5 Å². The average Bonchev–Trinajstić information content (AvgIpc) is 2.90. The Balaban J connectivity index is 1.81. The Labute approximate surface area is 222 Å². The number of halogens is 1. The second kappa shape index (κ2) is 8.30. The van der Waals surface area contributed by atoms with Gasteiger partial charge in [-0.2, -0.15) is 0 Å². The third-order valence-corrected chi connectivity index (χ3v) is 7.38. The first-order valence-corrected chi connectivity index (χ1v) is 11.9. The van der Waals surface area contributed by atoms with Crippen LogP contribution in [-0.4, -0.2) is 45.6 Å². The maximum atomic E-state index is 13.7. The Kier molecular flexibility index (Phi) is 5.20. The number of rotatable bonds is 3. The van der Waals surface area contributed by atoms with Gasteiger partial charge in [0, 0.05) is 27.6 Å². The van der Waals surface area contributed by atoms with E-state index in [-0.39, 0.29) is 78.8 Å². The van der Waals surface area contributed by atoms with Crippen molar-refractivity contribution < 1.29 is 39.1 Å². The Morgan fingerprint density at radius 2 is 1.54 bits per heavy atom. The molecule has 0 saturated heterocycles. The summed E-state index contributed by atoms with van der Waals surface area (Å²) in [5.41, 5.74) is -1.71. The molecule has 0 fully saturated rings. The predicted molar refractivity (Wildman–Crippen MR) is 141 cm³/mol. The number of aromatic amines is 1. The van der Waals surface area contributed by atoms with E-state index in [1.54, 1.807) is 0 Å². The summed E-state index contributed by atoms with van der Waals surface area (Å²) in [6.45, 7) is 0. The number of benzene rings is 3. The lowest BCUT2D eigenvalue weighted by molar-refractivity contribution is 0.0690. The van der Waals surface area contributed by atoms with E-state index in [0.29, 0.717) is 5.56 Å². The minimum absolute atomic E-state index is 0.0235. The maximum absolute atomic E-state index is 13.7. The highest BCUT2D eigenvalue weighted by Crippen LogP contribution is 2.55. The van der Waals surface area contributed by atoms with Gasteiger partial charge in [0.2, 0.25) is 5.43 Å². The van der Waals surface area contributed by atoms with Crippen LogP contribution in [-0.2, 0) is 12.8 Å². The molecule has 0 aliphatic heterocycles. The Morgan fingerprint density at radius 1 is 0.897 bits per heavy atom. The van der Waals surface area contributed by atoms with Crippen molar-refractivity contribution in [1.29, 1.82) is 0 Å². The SMILES string of the molecule is COc1c(Cl)ccc2c(=O)c3c(O)c4c(c(OC)c3oc12)CCc1c-4c(O)c2c(=O)[nH]c(C(=O)O)cc2c1O. The number of aromatic carboxylic acids is 1. The summed E-state index contributed by atoms with van der Waals surface area (Å²) >= 11 is 6.22. The molecule has 198 valence electrons. The number of carboxylic acid groups (broad SMARTS) is 1. The fourth-order valence-electron chi connectivity index (χ4n) is 5.43. The molecule has 0 unspecified atom stereocenters. The van der Waals surface area contributed by atoms with E-state index >= 15 is 0 Å². The number of carbonyl (C=O) groups is 1. The molecule has 0 atom stereocenters. The number of carboxylic acids is 1. The monoisotopic (exact) mass is 551 g/mol. The van der Waals surface area contributed by atoms with Crippen molar-refractivity contribution in [3.05, 3.63) is 60.6 Å². The number of nitrogens with one attached hydrogen (secondary N) is 1. The number of hydrogen-bond donors (Lipinski definition) is 5. The summed E-state index contributed by atoms with van der Waals surface area (Å²) in [6, 6.07) is 3.91. The van der Waals surface area contributed by atoms with Crippen LogP contribution in [0.5, 0.6) is 28.7 Å². The number of aromatic nitrogens is 1. The second-order valence-corrected chi connectivity index (χ2v) is 9.39. The minimum atomic E-state index is -1.43. The maximum Gasteiger partial charge on any atom is 0.352 e. The van der Waals surface area contributed by atoms with Gasteiger partial charge in [-0.1, -0.05) is 11.6 Å². The molecule has 39 heavy (non-hydrogen) atoms. The number of hydrogen-bond acceptors (Lipinski definition) is 9. The summed E-state index contributed by atoms with van der Waals surface area (Å²) < 4.78 is 17.0. The van der Waals surface area contributed by atoms with Gasteiger partial charge in [0.15, 0.2) is 22.7 Å². The van der Waals surface area contributed by atoms with E-state index in [1.165, 1.54) is 26.4 Å². The Hall–Kier alpha value is -4.90. The zero-order valence-electron chi connectivity index (χ0n) is 20.3. The summed E-state index contributed by atoms with van der Waals surface area (Å²) in [5.74, 6) is -2.81. The number of ether oxygens (including phenoxy) is 2. The first-order valence-electron chi connectivity index (χ1n) is 11.5. The lowest BCUT2D eigenvalue weighted by Gasteiger charge is -2.26. The van der Waals surface area contributed by atoms with Crippen LogP contribution in [0.15, 0.2) is 32.2 Å². The van der Waals surface area contributed by atoms with Gasteiger partial charge in [-0.3, -0.25) is 9.59 Å². The third-order valence-electron chi connectivity index (χ3n) is 7.09. The smallest absolute Gasteiger partial charge is 0.352 e. The van der Waals surface area contributed by atoms with Gasteiger partial charge in [-0.15, -0.1) is 0 Å². The van der Waals surface area contributed by atoms with Crippen LogP contribution in [0.4, 0.5) is 0 Å². The molecule has 5 aromatic rings. The van der Waals surface area contributed by atoms with Gasteiger partial charge in [-0.25, -0.2) is 4.79 Å². The molecule has 11 nitrogen and oxygen atoms in total. The summed E-state index contributed by atoms with van der Waals surface area (Å²) in [7, 11) is 2.71. The van der Waals surface area contributed by atoms with Gasteiger partial charge in [0.25, 0.3) is 5.56 Å². The van der Waals surface area contributed by atoms with Gasteiger partial charge < -0.3 is 39.3 Å². The van der Waals surface area contributed by atoms with Crippen LogP contribution in [0.1, 0.15) is 21.6 Å². The van der Waals surface area contributed by atoms with E-state index in [9.17, 15) is 34.8 Å². The van der Waals surface area contributed by atoms with Crippen LogP contribution in [0.3, 0.4) is 0 Å². The summed E-state index contributed by atoms with van der Waals surface area (Å²) in [6.07, 6.45) is 0.276. The molecule has 0 bridgehead atoms. The average molecular weight is 552 g/mol. The molecule has 6 rings (SSSR count). The molecule has 2 heterocycles. The number of phenolic OH excluding ortho intramolecular Hbond substituents is 3.